The van der Waals surface area contributed by atoms with E-state index in [4.69, 9.17) is 0 Å². The third kappa shape index (κ3) is 1.53. The predicted octanol–water partition coefficient (Wildman–Crippen LogP) is 1.54. The average Bonchev–Trinajstić information content (AvgIpc) is 2.42. The maximum absolute atomic E-state index is 11.2. The van der Waals surface area contributed by atoms with Gasteiger partial charge in [0, 0.05) is 21.3 Å². The second kappa shape index (κ2) is 3.52. The molecule has 2 aromatic heterocycles. The molecule has 0 aliphatic heterocycles. The molecule has 4 nitrogen and oxygen atoms in total. The van der Waals surface area contributed by atoms with E-state index < -0.39 is 11.2 Å². The molecular formula is C8H8BrN3OS. The lowest BCUT2D eigenvalue weighted by Crippen LogP contribution is -2.08. The molecule has 1 atom stereocenters. The number of fused-ring (bicyclic) bond motifs is 1. The molecule has 74 valence electrons. The summed E-state index contributed by atoms with van der Waals surface area (Å²) >= 11 is 2.26. The summed E-state index contributed by atoms with van der Waals surface area (Å²) in [6.45, 7) is 1.94. The Hall–Kier alpha value is -0.590. The summed E-state index contributed by atoms with van der Waals surface area (Å²) in [6, 6.07) is 1.95. The van der Waals surface area contributed by atoms with Crippen LogP contribution in [-0.2, 0) is 11.2 Å². The molecule has 0 saturated heterocycles. The van der Waals surface area contributed by atoms with Gasteiger partial charge in [-0.2, -0.15) is 4.98 Å². The molecule has 2 heterocycles. The molecule has 0 saturated carbocycles. The van der Waals surface area contributed by atoms with Gasteiger partial charge in [0.25, 0.3) is 0 Å². The van der Waals surface area contributed by atoms with Crippen LogP contribution in [0.15, 0.2) is 21.9 Å². The van der Waals surface area contributed by atoms with Gasteiger partial charge < -0.3 is 4.55 Å². The Morgan fingerprint density at radius 1 is 1.57 bits per heavy atom. The second-order valence-electron chi connectivity index (χ2n) is 2.93. The first-order chi connectivity index (χ1) is 6.59. The molecule has 0 aliphatic carbocycles. The van der Waals surface area contributed by atoms with E-state index in [0.29, 0.717) is 5.16 Å². The maximum Gasteiger partial charge on any atom is 0.359 e. The standard InChI is InChI=1S/C8H8BrN3OS/c1-5-3-6(9)7-4-10-8(14(2)13)11-12(5)7/h3-4H,1-2H3. The van der Waals surface area contributed by atoms with Crippen molar-refractivity contribution in [1.29, 1.82) is 0 Å². The quantitative estimate of drug-likeness (QED) is 0.741. The summed E-state index contributed by atoms with van der Waals surface area (Å²) in [5.74, 6) is 0. The number of aryl methyl sites for hydroxylation is 1. The zero-order valence-corrected chi connectivity index (χ0v) is 10.1. The Kier molecular flexibility index (Phi) is 2.50. The van der Waals surface area contributed by atoms with Gasteiger partial charge in [-0.3, -0.25) is 0 Å². The van der Waals surface area contributed by atoms with Crippen molar-refractivity contribution >= 4 is 32.6 Å². The lowest BCUT2D eigenvalue weighted by Gasteiger charge is -2.02. The Morgan fingerprint density at radius 3 is 2.93 bits per heavy atom. The Balaban J connectivity index is 2.71. The van der Waals surface area contributed by atoms with Crippen LogP contribution in [0.1, 0.15) is 5.69 Å². The van der Waals surface area contributed by atoms with Crippen LogP contribution in [0, 0.1) is 6.92 Å². The van der Waals surface area contributed by atoms with Crippen molar-refractivity contribution in [2.24, 2.45) is 0 Å². The Morgan fingerprint density at radius 2 is 2.29 bits per heavy atom. The van der Waals surface area contributed by atoms with Gasteiger partial charge in [0.2, 0.25) is 0 Å². The molecule has 1 unspecified atom stereocenters. The molecule has 14 heavy (non-hydrogen) atoms. The van der Waals surface area contributed by atoms with Gasteiger partial charge in [0.1, 0.15) is 6.26 Å². The molecule has 6 heteroatoms. The van der Waals surface area contributed by atoms with E-state index >= 15 is 0 Å². The summed E-state index contributed by atoms with van der Waals surface area (Å²) < 4.78 is 13.8. The van der Waals surface area contributed by atoms with Gasteiger partial charge in [0.05, 0.1) is 11.7 Å². The summed E-state index contributed by atoms with van der Waals surface area (Å²) in [5, 5.41) is 4.52. The van der Waals surface area contributed by atoms with Crippen LogP contribution in [-0.4, -0.2) is 25.4 Å². The van der Waals surface area contributed by atoms with Crippen LogP contribution in [0.3, 0.4) is 0 Å². The van der Waals surface area contributed by atoms with Crippen molar-refractivity contribution in [3.8, 4) is 0 Å². The van der Waals surface area contributed by atoms with Crippen molar-refractivity contribution in [1.82, 2.24) is 14.6 Å². The molecule has 0 bridgehead atoms. The van der Waals surface area contributed by atoms with E-state index in [-0.39, 0.29) is 0 Å². The highest BCUT2D eigenvalue weighted by Crippen LogP contribution is 2.20. The molecule has 0 aliphatic rings. The highest BCUT2D eigenvalue weighted by Gasteiger charge is 2.12. The van der Waals surface area contributed by atoms with Gasteiger partial charge in [-0.1, -0.05) is 5.10 Å². The Labute approximate surface area is 92.6 Å². The fraction of sp³-hybridized carbons (Fsp3) is 0.250. The molecule has 0 amide bonds. The van der Waals surface area contributed by atoms with E-state index in [1.165, 1.54) is 0 Å². The number of hydrogen-bond acceptors (Lipinski definition) is 3. The molecule has 0 fully saturated rings. The summed E-state index contributed by atoms with van der Waals surface area (Å²) in [7, 11) is 0. The number of nitrogens with zero attached hydrogens (tertiary/aromatic N) is 3. The number of halogens is 1. The topological polar surface area (TPSA) is 53.2 Å². The highest BCUT2D eigenvalue weighted by atomic mass is 79.9. The fourth-order valence-corrected chi connectivity index (χ4v) is 2.22. The molecule has 0 radical (unpaired) electrons. The first-order valence-corrected chi connectivity index (χ1v) is 6.29. The van der Waals surface area contributed by atoms with Crippen molar-refractivity contribution in [3.63, 3.8) is 0 Å². The van der Waals surface area contributed by atoms with Gasteiger partial charge in [-0.15, -0.1) is 0 Å². The van der Waals surface area contributed by atoms with Crippen LogP contribution in [0.25, 0.3) is 5.52 Å². The predicted molar refractivity (Wildman–Crippen MR) is 57.8 cm³/mol. The van der Waals surface area contributed by atoms with Crippen molar-refractivity contribution in [3.05, 3.63) is 22.4 Å². The summed E-state index contributed by atoms with van der Waals surface area (Å²) in [4.78, 5) is 4.02. The molecule has 2 rings (SSSR count). The second-order valence-corrected chi connectivity index (χ2v) is 5.05. The van der Waals surface area contributed by atoms with Crippen molar-refractivity contribution < 1.29 is 4.55 Å². The molecular weight excluding hydrogens is 266 g/mol. The smallest absolute Gasteiger partial charge is 0.359 e. The van der Waals surface area contributed by atoms with Crippen molar-refractivity contribution in [2.75, 3.05) is 6.26 Å². The van der Waals surface area contributed by atoms with Gasteiger partial charge >= 0.3 is 5.16 Å². The van der Waals surface area contributed by atoms with Crippen LogP contribution >= 0.6 is 15.9 Å². The fourth-order valence-electron chi connectivity index (χ4n) is 1.22. The average molecular weight is 274 g/mol. The van der Waals surface area contributed by atoms with Crippen LogP contribution < -0.4 is 0 Å². The van der Waals surface area contributed by atoms with E-state index in [2.05, 4.69) is 26.0 Å². The molecule has 0 N–H and O–H groups in total. The van der Waals surface area contributed by atoms with E-state index in [1.807, 2.05) is 13.0 Å². The minimum Gasteiger partial charge on any atom is -0.609 e. The largest absolute Gasteiger partial charge is 0.609 e. The lowest BCUT2D eigenvalue weighted by molar-refractivity contribution is 0.586. The molecule has 2 aromatic rings. The first-order valence-electron chi connectivity index (χ1n) is 3.94. The third-order valence-electron chi connectivity index (χ3n) is 1.88. The SMILES string of the molecule is Cc1cc(Br)c2cnc([S+](C)[O-])nn12. The minimum absolute atomic E-state index is 0.351. The zero-order chi connectivity index (χ0) is 10.3. The van der Waals surface area contributed by atoms with Crippen LogP contribution in [0.2, 0.25) is 0 Å². The van der Waals surface area contributed by atoms with Crippen molar-refractivity contribution in [2.45, 2.75) is 12.1 Å². The number of hydrogen-bond donors (Lipinski definition) is 0. The normalized spacial score (nSPS) is 13.4. The van der Waals surface area contributed by atoms with Gasteiger partial charge in [-0.25, -0.2) is 4.52 Å². The minimum atomic E-state index is -1.14. The Bertz CT molecular complexity index is 483. The van der Waals surface area contributed by atoms with Gasteiger partial charge in [-0.05, 0) is 28.9 Å². The maximum atomic E-state index is 11.2. The van der Waals surface area contributed by atoms with E-state index in [9.17, 15) is 4.55 Å². The van der Waals surface area contributed by atoms with E-state index in [0.717, 1.165) is 15.7 Å². The number of rotatable bonds is 1. The third-order valence-corrected chi connectivity index (χ3v) is 3.22. The number of aromatic nitrogens is 3. The summed E-state index contributed by atoms with van der Waals surface area (Å²) in [5.41, 5.74) is 1.87. The lowest BCUT2D eigenvalue weighted by atomic mass is 10.5. The highest BCUT2D eigenvalue weighted by molar-refractivity contribution is 9.10. The monoisotopic (exact) mass is 273 g/mol. The van der Waals surface area contributed by atoms with Gasteiger partial charge in [0.15, 0.2) is 0 Å². The van der Waals surface area contributed by atoms with Crippen LogP contribution in [0.5, 0.6) is 0 Å². The van der Waals surface area contributed by atoms with E-state index in [1.54, 1.807) is 17.0 Å². The summed E-state index contributed by atoms with van der Waals surface area (Å²) in [6.07, 6.45) is 3.23. The van der Waals surface area contributed by atoms with Crippen LogP contribution in [0.4, 0.5) is 0 Å². The zero-order valence-electron chi connectivity index (χ0n) is 7.69. The molecule has 0 spiro atoms. The first kappa shape index (κ1) is 9.95. The molecule has 0 aromatic carbocycles.